The Bertz CT molecular complexity index is 736. The number of β-amino-alcohol motifs (C(OH)–C–C–N with tert-alkyl or cyclic N) is 1. The molecule has 1 aromatic rings. The van der Waals surface area contributed by atoms with Crippen molar-refractivity contribution in [3.8, 4) is 0 Å². The molecule has 0 aromatic heterocycles. The molecule has 8 heteroatoms. The number of halogens is 2. The molecule has 2 fully saturated rings. The largest absolute Gasteiger partial charge is 0.392 e. The van der Waals surface area contributed by atoms with Gasteiger partial charge in [-0.2, -0.15) is 4.31 Å². The van der Waals surface area contributed by atoms with Crippen LogP contribution in [-0.4, -0.2) is 61.1 Å². The van der Waals surface area contributed by atoms with Crippen molar-refractivity contribution in [3.05, 3.63) is 28.5 Å². The van der Waals surface area contributed by atoms with Crippen LogP contribution >= 0.6 is 11.6 Å². The molecular formula is C17H24ClFN2O3S. The average molecular weight is 391 g/mol. The van der Waals surface area contributed by atoms with Gasteiger partial charge < -0.3 is 5.11 Å². The summed E-state index contributed by atoms with van der Waals surface area (Å²) in [6.07, 6.45) is 2.99. The van der Waals surface area contributed by atoms with E-state index in [0.29, 0.717) is 25.7 Å². The van der Waals surface area contributed by atoms with Crippen LogP contribution in [0.2, 0.25) is 5.02 Å². The lowest BCUT2D eigenvalue weighted by Gasteiger charge is -2.41. The van der Waals surface area contributed by atoms with E-state index >= 15 is 0 Å². The highest BCUT2D eigenvalue weighted by molar-refractivity contribution is 7.89. The number of aliphatic hydroxyl groups is 1. The lowest BCUT2D eigenvalue weighted by atomic mass is 10.00. The van der Waals surface area contributed by atoms with E-state index in [1.165, 1.54) is 17.3 Å². The Kier molecular flexibility index (Phi) is 5.70. The second-order valence-electron chi connectivity index (χ2n) is 6.96. The van der Waals surface area contributed by atoms with E-state index in [-0.39, 0.29) is 21.6 Å². The number of hydrogen-bond acceptors (Lipinski definition) is 4. The van der Waals surface area contributed by atoms with Crippen LogP contribution in [0.4, 0.5) is 4.39 Å². The fourth-order valence-electron chi connectivity index (χ4n) is 3.73. The summed E-state index contributed by atoms with van der Waals surface area (Å²) in [7, 11) is -3.73. The molecule has 1 unspecified atom stereocenters. The topological polar surface area (TPSA) is 60.9 Å². The van der Waals surface area contributed by atoms with Crippen molar-refractivity contribution in [2.45, 2.75) is 49.6 Å². The number of nitrogens with zero attached hydrogens (tertiary/aromatic N) is 2. The van der Waals surface area contributed by atoms with Crippen molar-refractivity contribution in [3.63, 3.8) is 0 Å². The molecule has 1 N–H and O–H groups in total. The molecule has 3 rings (SSSR count). The third kappa shape index (κ3) is 4.01. The highest BCUT2D eigenvalue weighted by atomic mass is 35.5. The zero-order chi connectivity index (χ0) is 18.2. The standard InChI is InChI=1S/C17H24ClFN2O3S/c1-12-9-17(15(18)10-16(12)19)25(23,24)21-7-4-13(5-8-21)20-6-2-3-14(22)11-20/h9-10,13-14,22H,2-8,11H2,1H3. The van der Waals surface area contributed by atoms with Crippen LogP contribution in [0.25, 0.3) is 0 Å². The monoisotopic (exact) mass is 390 g/mol. The van der Waals surface area contributed by atoms with Crippen LogP contribution in [0.3, 0.4) is 0 Å². The third-order valence-corrected chi connectivity index (χ3v) is 7.56. The summed E-state index contributed by atoms with van der Waals surface area (Å²) >= 11 is 5.99. The minimum atomic E-state index is -3.73. The van der Waals surface area contributed by atoms with Crippen molar-refractivity contribution in [1.29, 1.82) is 0 Å². The number of hydrogen-bond donors (Lipinski definition) is 1. The van der Waals surface area contributed by atoms with E-state index in [4.69, 9.17) is 11.6 Å². The Morgan fingerprint density at radius 3 is 2.52 bits per heavy atom. The van der Waals surface area contributed by atoms with Gasteiger partial charge in [0.2, 0.25) is 10.0 Å². The summed E-state index contributed by atoms with van der Waals surface area (Å²) in [6.45, 7) is 3.97. The molecule has 5 nitrogen and oxygen atoms in total. The number of sulfonamides is 1. The lowest BCUT2D eigenvalue weighted by Crippen LogP contribution is -2.50. The van der Waals surface area contributed by atoms with Gasteiger partial charge in [0.05, 0.1) is 11.1 Å². The minimum absolute atomic E-state index is 0.0279. The molecule has 25 heavy (non-hydrogen) atoms. The van der Waals surface area contributed by atoms with Gasteiger partial charge in [-0.25, -0.2) is 12.8 Å². The third-order valence-electron chi connectivity index (χ3n) is 5.20. The van der Waals surface area contributed by atoms with Gasteiger partial charge in [0.25, 0.3) is 0 Å². The van der Waals surface area contributed by atoms with Crippen LogP contribution in [0.15, 0.2) is 17.0 Å². The maximum atomic E-state index is 13.6. The Labute approximate surface area is 153 Å². The number of aliphatic hydroxyl groups excluding tert-OH is 1. The maximum absolute atomic E-state index is 13.6. The van der Waals surface area contributed by atoms with Crippen molar-refractivity contribution < 1.29 is 17.9 Å². The fraction of sp³-hybridized carbons (Fsp3) is 0.647. The predicted octanol–water partition coefficient (Wildman–Crippen LogP) is 2.40. The van der Waals surface area contributed by atoms with Gasteiger partial charge in [-0.3, -0.25) is 4.90 Å². The van der Waals surface area contributed by atoms with Gasteiger partial charge in [0, 0.05) is 25.7 Å². The first-order valence-electron chi connectivity index (χ1n) is 8.67. The Hall–Kier alpha value is -0.730. The average Bonchev–Trinajstić information content (AvgIpc) is 2.58. The minimum Gasteiger partial charge on any atom is -0.392 e. The van der Waals surface area contributed by atoms with Crippen molar-refractivity contribution in [1.82, 2.24) is 9.21 Å². The molecular weight excluding hydrogens is 367 g/mol. The number of rotatable bonds is 3. The summed E-state index contributed by atoms with van der Waals surface area (Å²) in [5.41, 5.74) is 0.264. The number of aryl methyl sites for hydroxylation is 1. The van der Waals surface area contributed by atoms with Gasteiger partial charge in [-0.15, -0.1) is 0 Å². The predicted molar refractivity (Wildman–Crippen MR) is 94.7 cm³/mol. The van der Waals surface area contributed by atoms with E-state index in [1.54, 1.807) is 0 Å². The molecule has 0 bridgehead atoms. The molecule has 1 atom stereocenters. The number of piperidine rings is 2. The molecule has 0 radical (unpaired) electrons. The van der Waals surface area contributed by atoms with Crippen LogP contribution in [0.5, 0.6) is 0 Å². The molecule has 0 spiro atoms. The number of benzene rings is 1. The van der Waals surface area contributed by atoms with E-state index < -0.39 is 15.8 Å². The van der Waals surface area contributed by atoms with Gasteiger partial charge >= 0.3 is 0 Å². The van der Waals surface area contributed by atoms with Crippen LogP contribution in [0, 0.1) is 12.7 Å². The summed E-state index contributed by atoms with van der Waals surface area (Å²) < 4.78 is 40.7. The molecule has 2 heterocycles. The van der Waals surface area contributed by atoms with E-state index in [9.17, 15) is 17.9 Å². The lowest BCUT2D eigenvalue weighted by molar-refractivity contribution is 0.0326. The molecule has 2 aliphatic rings. The first-order chi connectivity index (χ1) is 11.8. The second-order valence-corrected chi connectivity index (χ2v) is 9.27. The molecule has 1 aromatic carbocycles. The first kappa shape index (κ1) is 19.0. The SMILES string of the molecule is Cc1cc(S(=O)(=O)N2CCC(N3CCCC(O)C3)CC2)c(Cl)cc1F. The van der Waals surface area contributed by atoms with Crippen LogP contribution in [-0.2, 0) is 10.0 Å². The second kappa shape index (κ2) is 7.48. The maximum Gasteiger partial charge on any atom is 0.244 e. The molecule has 140 valence electrons. The quantitative estimate of drug-likeness (QED) is 0.860. The molecule has 0 aliphatic carbocycles. The summed E-state index contributed by atoms with van der Waals surface area (Å²) in [5, 5.41) is 9.75. The Morgan fingerprint density at radius 2 is 1.88 bits per heavy atom. The Morgan fingerprint density at radius 1 is 1.20 bits per heavy atom. The zero-order valence-corrected chi connectivity index (χ0v) is 15.9. The summed E-state index contributed by atoms with van der Waals surface area (Å²) in [4.78, 5) is 2.24. The van der Waals surface area contributed by atoms with Crippen molar-refractivity contribution >= 4 is 21.6 Å². The van der Waals surface area contributed by atoms with Crippen molar-refractivity contribution in [2.24, 2.45) is 0 Å². The summed E-state index contributed by atoms with van der Waals surface area (Å²) in [6, 6.07) is 2.66. The zero-order valence-electron chi connectivity index (χ0n) is 14.3. The van der Waals surface area contributed by atoms with Gasteiger partial charge in [-0.1, -0.05) is 11.6 Å². The molecule has 0 amide bonds. The van der Waals surface area contributed by atoms with E-state index in [0.717, 1.165) is 38.3 Å². The van der Waals surface area contributed by atoms with E-state index in [2.05, 4.69) is 4.90 Å². The molecule has 2 saturated heterocycles. The fourth-order valence-corrected chi connectivity index (χ4v) is 5.77. The van der Waals surface area contributed by atoms with Gasteiger partial charge in [0.1, 0.15) is 10.7 Å². The highest BCUT2D eigenvalue weighted by Crippen LogP contribution is 2.30. The first-order valence-corrected chi connectivity index (χ1v) is 10.5. The summed E-state index contributed by atoms with van der Waals surface area (Å²) in [5.74, 6) is -0.508. The van der Waals surface area contributed by atoms with Gasteiger partial charge in [0.15, 0.2) is 0 Å². The number of likely N-dealkylation sites (tertiary alicyclic amines) is 1. The van der Waals surface area contributed by atoms with Gasteiger partial charge in [-0.05, 0) is 56.8 Å². The smallest absolute Gasteiger partial charge is 0.244 e. The van der Waals surface area contributed by atoms with Crippen LogP contribution < -0.4 is 0 Å². The van der Waals surface area contributed by atoms with Crippen LogP contribution in [0.1, 0.15) is 31.2 Å². The normalized spacial score (nSPS) is 24.6. The molecule has 0 saturated carbocycles. The molecule has 2 aliphatic heterocycles. The Balaban J connectivity index is 1.70. The highest BCUT2D eigenvalue weighted by Gasteiger charge is 2.34. The van der Waals surface area contributed by atoms with Crippen molar-refractivity contribution in [2.75, 3.05) is 26.2 Å². The van der Waals surface area contributed by atoms with E-state index in [1.807, 2.05) is 0 Å².